The summed E-state index contributed by atoms with van der Waals surface area (Å²) in [5, 5.41) is 2.96. The second-order valence-corrected chi connectivity index (χ2v) is 8.56. The lowest BCUT2D eigenvalue weighted by Crippen LogP contribution is -2.28. The van der Waals surface area contributed by atoms with E-state index in [9.17, 15) is 21.6 Å². The van der Waals surface area contributed by atoms with Gasteiger partial charge in [0.05, 0.1) is 0 Å². The van der Waals surface area contributed by atoms with Gasteiger partial charge in [-0.3, -0.25) is 0 Å². The van der Waals surface area contributed by atoms with Crippen LogP contribution in [-0.2, 0) is 10.1 Å². The molecule has 32 heavy (non-hydrogen) atoms. The number of benzene rings is 4. The lowest BCUT2D eigenvalue weighted by atomic mass is 9.86. The van der Waals surface area contributed by atoms with Crippen LogP contribution in [0.4, 0.5) is 13.2 Å². The van der Waals surface area contributed by atoms with Crippen LogP contribution in [0.1, 0.15) is 11.1 Å². The molecule has 3 nitrogen and oxygen atoms in total. The van der Waals surface area contributed by atoms with Crippen LogP contribution in [0.2, 0.25) is 0 Å². The molecule has 0 aliphatic heterocycles. The molecule has 0 aliphatic carbocycles. The van der Waals surface area contributed by atoms with Crippen LogP contribution in [0.3, 0.4) is 0 Å². The van der Waals surface area contributed by atoms with E-state index < -0.39 is 21.4 Å². The smallest absolute Gasteiger partial charge is 0.375 e. The third-order valence-electron chi connectivity index (χ3n) is 5.17. The lowest BCUT2D eigenvalue weighted by molar-refractivity contribution is -0.0500. The summed E-state index contributed by atoms with van der Waals surface area (Å²) < 4.78 is 67.4. The molecule has 0 spiro atoms. The van der Waals surface area contributed by atoms with Crippen LogP contribution in [0.5, 0.6) is 5.75 Å². The predicted octanol–water partition coefficient (Wildman–Crippen LogP) is 7.17. The maximum atomic E-state index is 13.1. The molecule has 0 radical (unpaired) electrons. The highest BCUT2D eigenvalue weighted by Crippen LogP contribution is 2.44. The first-order valence-electron chi connectivity index (χ1n) is 9.51. The summed E-state index contributed by atoms with van der Waals surface area (Å²) in [7, 11) is -5.88. The molecule has 0 N–H and O–H groups in total. The summed E-state index contributed by atoms with van der Waals surface area (Å²) in [6, 6.07) is 19.6. The molecular formula is C25H17F3O3S. The van der Waals surface area contributed by atoms with Crippen molar-refractivity contribution in [2.45, 2.75) is 5.51 Å². The van der Waals surface area contributed by atoms with E-state index in [1.54, 1.807) is 24.3 Å². The second kappa shape index (κ2) is 7.84. The molecule has 0 bridgehead atoms. The van der Waals surface area contributed by atoms with Gasteiger partial charge in [0.25, 0.3) is 0 Å². The molecule has 7 heteroatoms. The molecule has 162 valence electrons. The Morgan fingerprint density at radius 1 is 0.781 bits per heavy atom. The Bertz CT molecular complexity index is 1490. The normalized spacial score (nSPS) is 12.1. The molecule has 0 amide bonds. The van der Waals surface area contributed by atoms with Gasteiger partial charge in [0.15, 0.2) is 5.75 Å². The van der Waals surface area contributed by atoms with E-state index in [-0.39, 0.29) is 5.56 Å². The van der Waals surface area contributed by atoms with E-state index in [1.165, 1.54) is 12.1 Å². The first-order chi connectivity index (χ1) is 15.2. The quantitative estimate of drug-likeness (QED) is 0.237. The van der Waals surface area contributed by atoms with Crippen LogP contribution in [0.25, 0.3) is 44.8 Å². The number of hydrogen-bond acceptors (Lipinski definition) is 3. The average Bonchev–Trinajstić information content (AvgIpc) is 2.76. The van der Waals surface area contributed by atoms with Crippen molar-refractivity contribution in [3.8, 4) is 16.9 Å². The molecule has 4 aromatic rings. The number of rotatable bonds is 5. The molecule has 4 aromatic carbocycles. The molecule has 4 rings (SSSR count). The predicted molar refractivity (Wildman–Crippen MR) is 123 cm³/mol. The maximum absolute atomic E-state index is 13.1. The maximum Gasteiger partial charge on any atom is 0.534 e. The number of alkyl halides is 3. The minimum atomic E-state index is -5.88. The zero-order chi connectivity index (χ0) is 23.1. The highest BCUT2D eigenvalue weighted by Gasteiger charge is 2.49. The fourth-order valence-corrected chi connectivity index (χ4v) is 4.25. The summed E-state index contributed by atoms with van der Waals surface area (Å²) in [4.78, 5) is 0. The standard InChI is InChI=1S/C25H17F3O3S/c1-3-16-13-14-17-9-5-7-11-20(17)23(16)24-19(4-2)22(31-32(29,30)25(26,27)28)15-18-10-6-8-12-21(18)24/h3-15H,1-2H2. The van der Waals surface area contributed by atoms with Gasteiger partial charge in [-0.1, -0.05) is 86.0 Å². The Kier molecular flexibility index (Phi) is 5.30. The van der Waals surface area contributed by atoms with Gasteiger partial charge in [0, 0.05) is 11.1 Å². The molecule has 0 unspecified atom stereocenters. The van der Waals surface area contributed by atoms with E-state index in [0.29, 0.717) is 21.9 Å². The number of fused-ring (bicyclic) bond motifs is 2. The van der Waals surface area contributed by atoms with E-state index in [2.05, 4.69) is 17.3 Å². The average molecular weight is 454 g/mol. The molecule has 0 fully saturated rings. The topological polar surface area (TPSA) is 43.4 Å². The van der Waals surface area contributed by atoms with Gasteiger partial charge in [-0.25, -0.2) is 0 Å². The fraction of sp³-hybridized carbons (Fsp3) is 0.0400. The van der Waals surface area contributed by atoms with Crippen LogP contribution in [0, 0.1) is 0 Å². The van der Waals surface area contributed by atoms with Crippen LogP contribution >= 0.6 is 0 Å². The van der Waals surface area contributed by atoms with Gasteiger partial charge >= 0.3 is 15.6 Å². The Labute approximate surface area is 183 Å². The van der Waals surface area contributed by atoms with Crippen molar-refractivity contribution in [3.63, 3.8) is 0 Å². The van der Waals surface area contributed by atoms with Crippen molar-refractivity contribution in [1.82, 2.24) is 0 Å². The fourth-order valence-electron chi connectivity index (χ4n) is 3.78. The molecule has 0 saturated carbocycles. The van der Waals surface area contributed by atoms with Crippen molar-refractivity contribution < 1.29 is 25.8 Å². The molecule has 0 aromatic heterocycles. The van der Waals surface area contributed by atoms with Crippen molar-refractivity contribution in [2.75, 3.05) is 0 Å². The van der Waals surface area contributed by atoms with Crippen molar-refractivity contribution in [2.24, 2.45) is 0 Å². The first kappa shape index (κ1) is 21.6. The third-order valence-corrected chi connectivity index (χ3v) is 6.14. The van der Waals surface area contributed by atoms with Crippen molar-refractivity contribution in [3.05, 3.63) is 91.0 Å². The Balaban J connectivity index is 2.17. The van der Waals surface area contributed by atoms with Gasteiger partial charge < -0.3 is 4.18 Å². The third kappa shape index (κ3) is 3.54. The SMILES string of the molecule is C=Cc1ccc2ccccc2c1-c1c(C=C)c(OS(=O)(=O)C(F)(F)F)cc2ccccc12. The Morgan fingerprint density at radius 2 is 1.38 bits per heavy atom. The highest BCUT2D eigenvalue weighted by molar-refractivity contribution is 7.88. The lowest BCUT2D eigenvalue weighted by Gasteiger charge is -2.20. The summed E-state index contributed by atoms with van der Waals surface area (Å²) in [5.41, 5.74) is -3.50. The zero-order valence-electron chi connectivity index (χ0n) is 16.7. The Morgan fingerprint density at radius 3 is 1.97 bits per heavy atom. The molecule has 0 atom stereocenters. The highest BCUT2D eigenvalue weighted by atomic mass is 32.2. The van der Waals surface area contributed by atoms with Gasteiger partial charge in [-0.05, 0) is 38.7 Å². The minimum Gasteiger partial charge on any atom is -0.375 e. The van der Waals surface area contributed by atoms with Gasteiger partial charge in [-0.15, -0.1) is 0 Å². The van der Waals surface area contributed by atoms with Crippen molar-refractivity contribution >= 4 is 43.8 Å². The minimum absolute atomic E-state index is 0.135. The van der Waals surface area contributed by atoms with Gasteiger partial charge in [0.1, 0.15) is 0 Å². The van der Waals surface area contributed by atoms with Crippen LogP contribution in [0.15, 0.2) is 79.9 Å². The van der Waals surface area contributed by atoms with E-state index in [4.69, 9.17) is 0 Å². The van der Waals surface area contributed by atoms with E-state index in [0.717, 1.165) is 16.3 Å². The molecule has 0 heterocycles. The first-order valence-corrected chi connectivity index (χ1v) is 10.9. The van der Waals surface area contributed by atoms with Crippen LogP contribution < -0.4 is 4.18 Å². The largest absolute Gasteiger partial charge is 0.534 e. The van der Waals surface area contributed by atoms with Crippen molar-refractivity contribution in [1.29, 1.82) is 0 Å². The van der Waals surface area contributed by atoms with Gasteiger partial charge in [-0.2, -0.15) is 21.6 Å². The second-order valence-electron chi connectivity index (χ2n) is 7.03. The van der Waals surface area contributed by atoms with E-state index in [1.807, 2.05) is 42.5 Å². The van der Waals surface area contributed by atoms with E-state index >= 15 is 0 Å². The number of halogens is 3. The summed E-state index contributed by atoms with van der Waals surface area (Å²) in [6.45, 7) is 7.60. The zero-order valence-corrected chi connectivity index (χ0v) is 17.5. The molecule has 0 aliphatic rings. The van der Waals surface area contributed by atoms with Gasteiger partial charge in [0.2, 0.25) is 0 Å². The summed E-state index contributed by atoms with van der Waals surface area (Å²) in [6.07, 6.45) is 2.95. The molecule has 0 saturated heterocycles. The summed E-state index contributed by atoms with van der Waals surface area (Å²) in [5.74, 6) is -0.450. The number of hydrogen-bond donors (Lipinski definition) is 0. The molecular weight excluding hydrogens is 437 g/mol. The van der Waals surface area contributed by atoms with Crippen LogP contribution in [-0.4, -0.2) is 13.9 Å². The monoisotopic (exact) mass is 454 g/mol. The summed E-state index contributed by atoms with van der Waals surface area (Å²) >= 11 is 0. The Hall–Kier alpha value is -3.58.